The van der Waals surface area contributed by atoms with Gasteiger partial charge in [-0.25, -0.2) is 14.4 Å². The van der Waals surface area contributed by atoms with E-state index in [0.29, 0.717) is 0 Å². The van der Waals surface area contributed by atoms with Crippen molar-refractivity contribution in [2.45, 2.75) is 48.8 Å². The van der Waals surface area contributed by atoms with Crippen LogP contribution in [0.1, 0.15) is 12.8 Å². The minimum atomic E-state index is -1.16. The van der Waals surface area contributed by atoms with Crippen LogP contribution < -0.4 is 5.32 Å². The van der Waals surface area contributed by atoms with Crippen molar-refractivity contribution in [1.82, 2.24) is 10.2 Å². The molecule has 0 aromatic heterocycles. The van der Waals surface area contributed by atoms with Crippen molar-refractivity contribution in [1.29, 1.82) is 0 Å². The number of esters is 1. The molecule has 6 atom stereocenters. The van der Waals surface area contributed by atoms with Crippen LogP contribution >= 0.6 is 0 Å². The van der Waals surface area contributed by atoms with Gasteiger partial charge in [0.1, 0.15) is 24.3 Å². The number of fused-ring (bicyclic) bond motifs is 3. The van der Waals surface area contributed by atoms with Gasteiger partial charge < -0.3 is 39.0 Å². The number of carbonyl (C=O) groups excluding carboxylic acids is 3. The van der Waals surface area contributed by atoms with Crippen LogP contribution in [0.15, 0.2) is 0 Å². The molecule has 0 aromatic carbocycles. The highest BCUT2D eigenvalue weighted by atomic mass is 16.6. The van der Waals surface area contributed by atoms with Gasteiger partial charge in [-0.1, -0.05) is 0 Å². The van der Waals surface area contributed by atoms with E-state index in [2.05, 4.69) is 10.1 Å². The van der Waals surface area contributed by atoms with Gasteiger partial charge in [0.05, 0.1) is 39.1 Å². The van der Waals surface area contributed by atoms with Crippen LogP contribution in [0, 0.1) is 0 Å². The molecule has 27 heavy (non-hydrogen) atoms. The molecule has 0 saturated carbocycles. The highest BCUT2D eigenvalue weighted by Gasteiger charge is 2.59. The third kappa shape index (κ3) is 3.54. The lowest BCUT2D eigenvalue weighted by molar-refractivity contribution is -0.154. The van der Waals surface area contributed by atoms with Crippen LogP contribution in [0.4, 0.5) is 9.59 Å². The molecule has 11 heteroatoms. The Bertz CT molecular complexity index is 615. The molecule has 0 spiro atoms. The number of amides is 2. The van der Waals surface area contributed by atoms with Crippen LogP contribution in [0.2, 0.25) is 0 Å². The number of rotatable bonds is 5. The Kier molecular flexibility index (Phi) is 5.45. The van der Waals surface area contributed by atoms with Crippen molar-refractivity contribution in [3.8, 4) is 0 Å². The maximum Gasteiger partial charge on any atom is 0.410 e. The molecule has 3 fully saturated rings. The van der Waals surface area contributed by atoms with Gasteiger partial charge in [-0.05, 0) is 0 Å². The first-order valence-electron chi connectivity index (χ1n) is 8.60. The van der Waals surface area contributed by atoms with Crippen molar-refractivity contribution >= 4 is 18.2 Å². The first-order valence-corrected chi connectivity index (χ1v) is 8.60. The highest BCUT2D eigenvalue weighted by Crippen LogP contribution is 2.43. The molecule has 3 aliphatic rings. The second-order valence-electron chi connectivity index (χ2n) is 6.94. The molecule has 0 radical (unpaired) electrons. The summed E-state index contributed by atoms with van der Waals surface area (Å²) in [6, 6.07) is -1.43. The second-order valence-corrected chi connectivity index (χ2v) is 6.94. The van der Waals surface area contributed by atoms with Crippen molar-refractivity contribution in [2.24, 2.45) is 0 Å². The topological polar surface area (TPSA) is 133 Å². The largest absolute Gasteiger partial charge is 0.467 e. The lowest BCUT2D eigenvalue weighted by Gasteiger charge is -2.36. The van der Waals surface area contributed by atoms with Gasteiger partial charge in [-0.15, -0.1) is 0 Å². The predicted molar refractivity (Wildman–Crippen MR) is 86.8 cm³/mol. The summed E-state index contributed by atoms with van der Waals surface area (Å²) in [7, 11) is 3.99. The molecule has 3 rings (SSSR count). The standard InChI is InChI=1S/C16H24N2O9/c1-18-11-10(26-15(18)22)6-25-9-5-16(7-19,27-12(9)11)4-8(13(20)23-2)17-14(21)24-3/h8-12,19H,4-7H2,1-3H3,(H,17,21)/t8-,9+,10+,11+,12-,16+/m0/s1. The van der Waals surface area contributed by atoms with E-state index >= 15 is 0 Å². The van der Waals surface area contributed by atoms with E-state index in [1.165, 1.54) is 19.1 Å². The summed E-state index contributed by atoms with van der Waals surface area (Å²) in [5, 5.41) is 12.4. The van der Waals surface area contributed by atoms with Gasteiger partial charge in [0.25, 0.3) is 0 Å². The number of aliphatic hydroxyl groups excluding tert-OH is 1. The number of hydrogen-bond donors (Lipinski definition) is 2. The van der Waals surface area contributed by atoms with Gasteiger partial charge in [-0.3, -0.25) is 0 Å². The Hall–Kier alpha value is -2.11. The Balaban J connectivity index is 1.78. The summed E-state index contributed by atoms with van der Waals surface area (Å²) in [6.45, 7) is -0.177. The van der Waals surface area contributed by atoms with E-state index < -0.39 is 48.6 Å². The Morgan fingerprint density at radius 3 is 2.74 bits per heavy atom. The minimum Gasteiger partial charge on any atom is -0.467 e. The summed E-state index contributed by atoms with van der Waals surface area (Å²) in [4.78, 5) is 36.9. The number of hydrogen-bond acceptors (Lipinski definition) is 9. The fraction of sp³-hybridized carbons (Fsp3) is 0.812. The number of carbonyl (C=O) groups is 3. The lowest BCUT2D eigenvalue weighted by atomic mass is 9.89. The van der Waals surface area contributed by atoms with Crippen molar-refractivity contribution in [3.63, 3.8) is 0 Å². The number of ether oxygens (including phenoxy) is 5. The average molecular weight is 388 g/mol. The third-order valence-corrected chi connectivity index (χ3v) is 5.33. The predicted octanol–water partition coefficient (Wildman–Crippen LogP) is -0.988. The van der Waals surface area contributed by atoms with E-state index in [-0.39, 0.29) is 31.6 Å². The monoisotopic (exact) mass is 388 g/mol. The Labute approximate surface area is 155 Å². The van der Waals surface area contributed by atoms with E-state index in [1.54, 1.807) is 7.05 Å². The summed E-state index contributed by atoms with van der Waals surface area (Å²) in [5.41, 5.74) is -1.16. The maximum atomic E-state index is 12.1. The number of alkyl carbamates (subject to hydrolysis) is 1. The summed E-state index contributed by atoms with van der Waals surface area (Å²) < 4.78 is 26.4. The highest BCUT2D eigenvalue weighted by molar-refractivity contribution is 5.81. The first kappa shape index (κ1) is 19.6. The van der Waals surface area contributed by atoms with Crippen LogP contribution in [-0.2, 0) is 28.5 Å². The van der Waals surface area contributed by atoms with Crippen LogP contribution in [0.5, 0.6) is 0 Å². The van der Waals surface area contributed by atoms with Gasteiger partial charge in [0.2, 0.25) is 0 Å². The van der Waals surface area contributed by atoms with Crippen molar-refractivity contribution in [3.05, 3.63) is 0 Å². The van der Waals surface area contributed by atoms with Gasteiger partial charge in [0, 0.05) is 19.9 Å². The van der Waals surface area contributed by atoms with Crippen molar-refractivity contribution < 1.29 is 43.2 Å². The zero-order valence-corrected chi connectivity index (χ0v) is 15.4. The van der Waals surface area contributed by atoms with E-state index in [4.69, 9.17) is 18.9 Å². The molecule has 3 heterocycles. The molecule has 3 saturated heterocycles. The van der Waals surface area contributed by atoms with Gasteiger partial charge in [0.15, 0.2) is 0 Å². The number of nitrogens with one attached hydrogen (secondary N) is 1. The van der Waals surface area contributed by atoms with Gasteiger partial charge >= 0.3 is 18.2 Å². The summed E-state index contributed by atoms with van der Waals surface area (Å²) in [6.07, 6.45) is -2.38. The molecule has 152 valence electrons. The number of methoxy groups -OCH3 is 2. The van der Waals surface area contributed by atoms with E-state index in [1.807, 2.05) is 0 Å². The Morgan fingerprint density at radius 2 is 2.11 bits per heavy atom. The molecular formula is C16H24N2O9. The van der Waals surface area contributed by atoms with E-state index in [9.17, 15) is 19.5 Å². The molecule has 0 aliphatic carbocycles. The van der Waals surface area contributed by atoms with Crippen LogP contribution in [0.3, 0.4) is 0 Å². The zero-order valence-electron chi connectivity index (χ0n) is 15.4. The Morgan fingerprint density at radius 1 is 1.37 bits per heavy atom. The second kappa shape index (κ2) is 7.49. The molecule has 0 aromatic rings. The fourth-order valence-corrected chi connectivity index (χ4v) is 3.98. The number of aliphatic hydroxyl groups is 1. The quantitative estimate of drug-likeness (QED) is 0.450. The molecule has 2 N–H and O–H groups in total. The van der Waals surface area contributed by atoms with Gasteiger partial charge in [-0.2, -0.15) is 0 Å². The average Bonchev–Trinajstić information content (AvgIpc) is 3.18. The SMILES string of the molecule is COC(=O)N[C@@H](C[C@]1(CO)C[C@H]2OC[C@H]3OC(=O)N(C)[C@H]3[C@H]2O1)C(=O)OC. The summed E-state index contributed by atoms with van der Waals surface area (Å²) in [5.74, 6) is -0.693. The number of nitrogens with zero attached hydrogens (tertiary/aromatic N) is 1. The molecule has 0 unspecified atom stereocenters. The minimum absolute atomic E-state index is 0.0441. The van der Waals surface area contributed by atoms with E-state index in [0.717, 1.165) is 0 Å². The van der Waals surface area contributed by atoms with Crippen molar-refractivity contribution in [2.75, 3.05) is 34.5 Å². The fourth-order valence-electron chi connectivity index (χ4n) is 3.98. The molecule has 11 nitrogen and oxygen atoms in total. The maximum absolute atomic E-state index is 12.1. The van der Waals surface area contributed by atoms with Crippen LogP contribution in [-0.4, -0.2) is 98.6 Å². The smallest absolute Gasteiger partial charge is 0.410 e. The molecular weight excluding hydrogens is 364 g/mol. The molecule has 2 amide bonds. The third-order valence-electron chi connectivity index (χ3n) is 5.33. The number of likely N-dealkylation sites (N-methyl/N-ethyl adjacent to an activating group) is 1. The first-order chi connectivity index (χ1) is 12.8. The summed E-state index contributed by atoms with van der Waals surface area (Å²) >= 11 is 0. The molecule has 3 aliphatic heterocycles. The zero-order chi connectivity index (χ0) is 19.8. The molecule has 0 bridgehead atoms. The van der Waals surface area contributed by atoms with Crippen LogP contribution in [0.25, 0.3) is 0 Å². The lowest BCUT2D eigenvalue weighted by Crippen LogP contribution is -2.54. The normalized spacial score (nSPS) is 35.7.